The number of hydrogen-bond acceptors (Lipinski definition) is 1. The van der Waals surface area contributed by atoms with Crippen molar-refractivity contribution in [2.24, 2.45) is 0 Å². The summed E-state index contributed by atoms with van der Waals surface area (Å²) < 4.78 is 2.28. The van der Waals surface area contributed by atoms with Crippen molar-refractivity contribution in [3.63, 3.8) is 0 Å². The molecule has 0 fully saturated rings. The third kappa shape index (κ3) is 6.28. The summed E-state index contributed by atoms with van der Waals surface area (Å²) in [4.78, 5) is 4.33. The van der Waals surface area contributed by atoms with Crippen molar-refractivity contribution in [1.29, 1.82) is 0 Å². The van der Waals surface area contributed by atoms with Gasteiger partial charge in [-0.2, -0.15) is 0 Å². The molecule has 5 aromatic rings. The SMILES string of the molecule is BC(c1ccccc1)c1ccccc1.C=CC(C)[SiH2]C(c1ccccc1)(c1ccccc1)n1ccnc1. The monoisotopic (exact) mass is 498 g/mol. The average Bonchev–Trinajstić information content (AvgIpc) is 3.53. The Morgan fingerprint density at radius 3 is 1.57 bits per heavy atom. The van der Waals surface area contributed by atoms with Gasteiger partial charge in [0.05, 0.1) is 21.0 Å². The van der Waals surface area contributed by atoms with Gasteiger partial charge in [0.1, 0.15) is 7.85 Å². The van der Waals surface area contributed by atoms with Crippen LogP contribution in [-0.2, 0) is 5.16 Å². The molecule has 4 heteroatoms. The van der Waals surface area contributed by atoms with E-state index in [2.05, 4.69) is 165 Å². The molecule has 1 atom stereocenters. The van der Waals surface area contributed by atoms with E-state index in [0.29, 0.717) is 11.4 Å². The Hall–Kier alpha value is -3.89. The zero-order chi connectivity index (χ0) is 25.9. The van der Waals surface area contributed by atoms with Crippen LogP contribution in [-0.4, -0.2) is 26.9 Å². The summed E-state index contributed by atoms with van der Waals surface area (Å²) in [6, 6.07) is 42.8. The van der Waals surface area contributed by atoms with Crippen LogP contribution in [0.2, 0.25) is 5.54 Å². The van der Waals surface area contributed by atoms with E-state index in [0.717, 1.165) is 0 Å². The molecule has 0 aliphatic heterocycles. The number of aromatic nitrogens is 2. The molecule has 0 bridgehead atoms. The highest BCUT2D eigenvalue weighted by Gasteiger charge is 2.37. The average molecular weight is 499 g/mol. The van der Waals surface area contributed by atoms with Crippen molar-refractivity contribution in [3.05, 3.63) is 175 Å². The number of nitrogens with zero attached hydrogens (tertiary/aromatic N) is 2. The minimum absolute atomic E-state index is 0.146. The van der Waals surface area contributed by atoms with Crippen LogP contribution in [0, 0.1) is 0 Å². The molecular formula is C33H35BN2Si. The third-order valence-electron chi connectivity index (χ3n) is 7.07. The van der Waals surface area contributed by atoms with Crippen molar-refractivity contribution >= 4 is 17.4 Å². The molecule has 0 radical (unpaired) electrons. The van der Waals surface area contributed by atoms with Gasteiger partial charge >= 0.3 is 0 Å². The summed E-state index contributed by atoms with van der Waals surface area (Å²) in [5, 5.41) is -0.146. The second kappa shape index (κ2) is 12.9. The van der Waals surface area contributed by atoms with Crippen LogP contribution in [0.15, 0.2) is 153 Å². The van der Waals surface area contributed by atoms with Crippen LogP contribution in [0.3, 0.4) is 0 Å². The highest BCUT2D eigenvalue weighted by Crippen LogP contribution is 2.36. The summed E-state index contributed by atoms with van der Waals surface area (Å²) >= 11 is 0. The fourth-order valence-electron chi connectivity index (χ4n) is 4.94. The van der Waals surface area contributed by atoms with Gasteiger partial charge in [-0.3, -0.25) is 0 Å². The quantitative estimate of drug-likeness (QED) is 0.184. The van der Waals surface area contributed by atoms with Crippen LogP contribution in [0.4, 0.5) is 0 Å². The Morgan fingerprint density at radius 1 is 0.757 bits per heavy atom. The Bertz CT molecular complexity index is 1250. The molecule has 4 aromatic carbocycles. The second-order valence-electron chi connectivity index (χ2n) is 9.52. The standard InChI is InChI=1S/C20H22N2Si.C13H13B/c1-3-17(2)23-20(22-15-14-21-16-22,18-10-6-4-7-11-18)19-12-8-5-9-13-19;14-13(11-7-3-1-4-8-11)12-9-5-2-6-10-12/h3-17H,1,23H2,2H3;1-10,13H,14H2. The fourth-order valence-corrected chi connectivity index (χ4v) is 7.38. The molecular weight excluding hydrogens is 463 g/mol. The van der Waals surface area contributed by atoms with E-state index in [1.807, 2.05) is 12.5 Å². The van der Waals surface area contributed by atoms with E-state index < -0.39 is 9.52 Å². The molecule has 37 heavy (non-hydrogen) atoms. The summed E-state index contributed by atoms with van der Waals surface area (Å²) in [6.07, 6.45) is 7.99. The van der Waals surface area contributed by atoms with Gasteiger partial charge in [-0.1, -0.05) is 134 Å². The van der Waals surface area contributed by atoms with Crippen molar-refractivity contribution in [3.8, 4) is 0 Å². The maximum Gasteiger partial charge on any atom is 0.116 e. The first-order chi connectivity index (χ1) is 18.1. The lowest BCUT2D eigenvalue weighted by atomic mass is 9.76. The number of hydrogen-bond donors (Lipinski definition) is 0. The second-order valence-corrected chi connectivity index (χ2v) is 12.2. The van der Waals surface area contributed by atoms with Gasteiger partial charge in [0.2, 0.25) is 0 Å². The maximum absolute atomic E-state index is 4.33. The highest BCUT2D eigenvalue weighted by atomic mass is 28.2. The van der Waals surface area contributed by atoms with Crippen molar-refractivity contribution in [2.45, 2.75) is 23.4 Å². The summed E-state index contributed by atoms with van der Waals surface area (Å²) in [7, 11) is 1.62. The fraction of sp³-hybridized carbons (Fsp3) is 0.121. The Balaban J connectivity index is 0.000000195. The van der Waals surface area contributed by atoms with Crippen molar-refractivity contribution in [2.75, 3.05) is 0 Å². The highest BCUT2D eigenvalue weighted by molar-refractivity contribution is 6.44. The van der Waals surface area contributed by atoms with E-state index in [9.17, 15) is 0 Å². The Kier molecular flexibility index (Phi) is 9.12. The minimum Gasteiger partial charge on any atom is -0.327 e. The molecule has 0 spiro atoms. The Labute approximate surface area is 225 Å². The molecule has 0 saturated heterocycles. The van der Waals surface area contributed by atoms with E-state index in [4.69, 9.17) is 0 Å². The van der Waals surface area contributed by atoms with E-state index in [-0.39, 0.29) is 5.16 Å². The Morgan fingerprint density at radius 2 is 1.19 bits per heavy atom. The number of imidazole rings is 1. The maximum atomic E-state index is 4.33. The first kappa shape index (κ1) is 26.2. The topological polar surface area (TPSA) is 17.8 Å². The summed E-state index contributed by atoms with van der Waals surface area (Å²) in [5.41, 5.74) is 5.91. The molecule has 5 rings (SSSR count). The van der Waals surface area contributed by atoms with Gasteiger partial charge in [-0.05, 0) is 33.6 Å². The van der Waals surface area contributed by atoms with Crippen LogP contribution in [0.25, 0.3) is 0 Å². The predicted octanol–water partition coefficient (Wildman–Crippen LogP) is 6.20. The predicted molar refractivity (Wildman–Crippen MR) is 163 cm³/mol. The van der Waals surface area contributed by atoms with Gasteiger partial charge in [-0.15, -0.1) is 6.58 Å². The van der Waals surface area contributed by atoms with Crippen LogP contribution < -0.4 is 0 Å². The molecule has 184 valence electrons. The van der Waals surface area contributed by atoms with Gasteiger partial charge < -0.3 is 4.57 Å². The zero-order valence-electron chi connectivity index (χ0n) is 21.8. The lowest BCUT2D eigenvalue weighted by Gasteiger charge is -2.38. The van der Waals surface area contributed by atoms with Crippen molar-refractivity contribution < 1.29 is 0 Å². The van der Waals surface area contributed by atoms with Crippen LogP contribution in [0.5, 0.6) is 0 Å². The molecule has 0 amide bonds. The van der Waals surface area contributed by atoms with Crippen molar-refractivity contribution in [1.82, 2.24) is 9.55 Å². The molecule has 0 N–H and O–H groups in total. The molecule has 1 unspecified atom stereocenters. The lowest BCUT2D eigenvalue weighted by molar-refractivity contribution is 0.588. The van der Waals surface area contributed by atoms with E-state index in [1.165, 1.54) is 22.3 Å². The normalized spacial score (nSPS) is 12.2. The van der Waals surface area contributed by atoms with E-state index >= 15 is 0 Å². The van der Waals surface area contributed by atoms with E-state index in [1.54, 1.807) is 0 Å². The third-order valence-corrected chi connectivity index (χ3v) is 9.82. The van der Waals surface area contributed by atoms with Gasteiger partial charge in [0.15, 0.2) is 0 Å². The van der Waals surface area contributed by atoms with Gasteiger partial charge in [0, 0.05) is 12.4 Å². The first-order valence-electron chi connectivity index (χ1n) is 13.0. The number of allylic oxidation sites excluding steroid dienone is 1. The molecule has 2 nitrogen and oxygen atoms in total. The largest absolute Gasteiger partial charge is 0.327 e. The zero-order valence-corrected chi connectivity index (χ0v) is 23.2. The first-order valence-corrected chi connectivity index (χ1v) is 14.5. The number of rotatable bonds is 8. The molecule has 0 aliphatic carbocycles. The molecule has 1 aromatic heterocycles. The van der Waals surface area contributed by atoms with Gasteiger partial charge in [0.25, 0.3) is 0 Å². The van der Waals surface area contributed by atoms with Gasteiger partial charge in [-0.25, -0.2) is 4.98 Å². The number of benzene rings is 4. The molecule has 0 saturated carbocycles. The summed E-state index contributed by atoms with van der Waals surface area (Å²) in [6.45, 7) is 6.30. The molecule has 0 aliphatic rings. The van der Waals surface area contributed by atoms with Crippen LogP contribution >= 0.6 is 0 Å². The smallest absolute Gasteiger partial charge is 0.116 e. The van der Waals surface area contributed by atoms with Crippen LogP contribution in [0.1, 0.15) is 35.0 Å². The lowest BCUT2D eigenvalue weighted by Crippen LogP contribution is -2.42. The minimum atomic E-state index is -0.618. The summed E-state index contributed by atoms with van der Waals surface area (Å²) in [5.74, 6) is 0.484. The molecule has 1 heterocycles.